The average molecular weight is 221 g/mol. The van der Waals surface area contributed by atoms with Crippen LogP contribution in [0.4, 0.5) is 0 Å². The van der Waals surface area contributed by atoms with Gasteiger partial charge in [0.1, 0.15) is 0 Å². The zero-order valence-corrected chi connectivity index (χ0v) is 8.85. The molecule has 5 heteroatoms. The fourth-order valence-corrected chi connectivity index (χ4v) is 1.77. The molecule has 2 rings (SSSR count). The summed E-state index contributed by atoms with van der Waals surface area (Å²) < 4.78 is 0. The highest BCUT2D eigenvalue weighted by Crippen LogP contribution is 2.18. The second-order valence-electron chi connectivity index (χ2n) is 3.99. The van der Waals surface area contributed by atoms with Crippen molar-refractivity contribution in [2.45, 2.75) is 43.9 Å². The lowest BCUT2D eigenvalue weighted by Gasteiger charge is -2.27. The zero-order chi connectivity index (χ0) is 9.26. The summed E-state index contributed by atoms with van der Waals surface area (Å²) in [5.74, 6) is 0.0567. The van der Waals surface area contributed by atoms with E-state index < -0.39 is 0 Å². The molecular formula is C9H17ClN2O2. The van der Waals surface area contributed by atoms with Crippen LogP contribution in [0.2, 0.25) is 0 Å². The first-order valence-electron chi connectivity index (χ1n) is 4.97. The molecule has 2 aliphatic rings. The second-order valence-corrected chi connectivity index (χ2v) is 3.99. The molecule has 14 heavy (non-hydrogen) atoms. The number of amides is 1. The van der Waals surface area contributed by atoms with Crippen LogP contribution in [0.3, 0.4) is 0 Å². The van der Waals surface area contributed by atoms with Crippen LogP contribution in [0.1, 0.15) is 25.7 Å². The maximum absolute atomic E-state index is 11.5. The summed E-state index contributed by atoms with van der Waals surface area (Å²) >= 11 is 0. The predicted molar refractivity (Wildman–Crippen MR) is 55.4 cm³/mol. The number of hydrogen-bond donors (Lipinski definition) is 3. The number of nitrogens with one attached hydrogen (secondary N) is 2. The van der Waals surface area contributed by atoms with Gasteiger partial charge in [-0.05, 0) is 25.7 Å². The van der Waals surface area contributed by atoms with Crippen LogP contribution in [0, 0.1) is 0 Å². The Morgan fingerprint density at radius 1 is 1.43 bits per heavy atom. The van der Waals surface area contributed by atoms with Gasteiger partial charge in [0.2, 0.25) is 5.91 Å². The van der Waals surface area contributed by atoms with Crippen molar-refractivity contribution < 1.29 is 9.90 Å². The molecule has 3 N–H and O–H groups in total. The first kappa shape index (κ1) is 11.8. The van der Waals surface area contributed by atoms with Crippen molar-refractivity contribution in [2.24, 2.45) is 0 Å². The summed E-state index contributed by atoms with van der Waals surface area (Å²) in [4.78, 5) is 11.5. The second kappa shape index (κ2) is 4.96. The molecule has 0 unspecified atom stereocenters. The van der Waals surface area contributed by atoms with Crippen molar-refractivity contribution >= 4 is 18.3 Å². The quantitative estimate of drug-likeness (QED) is 0.604. The van der Waals surface area contributed by atoms with E-state index >= 15 is 0 Å². The third-order valence-corrected chi connectivity index (χ3v) is 2.88. The molecule has 1 amide bonds. The maximum Gasteiger partial charge on any atom is 0.237 e. The number of hydrogen-bond acceptors (Lipinski definition) is 3. The lowest BCUT2D eigenvalue weighted by atomic mass is 9.93. The van der Waals surface area contributed by atoms with E-state index in [-0.39, 0.29) is 30.5 Å². The highest BCUT2D eigenvalue weighted by Gasteiger charge is 2.30. The summed E-state index contributed by atoms with van der Waals surface area (Å²) in [6, 6.07) is 0.225. The van der Waals surface area contributed by atoms with Crippen LogP contribution in [0.5, 0.6) is 0 Å². The minimum atomic E-state index is -0.350. The lowest BCUT2D eigenvalue weighted by molar-refractivity contribution is -0.124. The van der Waals surface area contributed by atoms with Gasteiger partial charge in [0.05, 0.1) is 12.1 Å². The normalized spacial score (nSPS) is 31.8. The smallest absolute Gasteiger partial charge is 0.237 e. The largest absolute Gasteiger partial charge is 0.392 e. The number of halogens is 1. The van der Waals surface area contributed by atoms with E-state index in [2.05, 4.69) is 10.6 Å². The first-order chi connectivity index (χ1) is 6.25. The molecule has 0 bridgehead atoms. The first-order valence-corrected chi connectivity index (χ1v) is 4.97. The van der Waals surface area contributed by atoms with Crippen molar-refractivity contribution in [1.82, 2.24) is 10.6 Å². The molecule has 82 valence electrons. The highest BCUT2D eigenvalue weighted by molar-refractivity contribution is 5.85. The van der Waals surface area contributed by atoms with Crippen LogP contribution in [0.25, 0.3) is 0 Å². The number of carbonyl (C=O) groups excluding carboxylic acids is 1. The van der Waals surface area contributed by atoms with Crippen LogP contribution in [-0.4, -0.2) is 35.7 Å². The maximum atomic E-state index is 11.5. The molecule has 1 aliphatic heterocycles. The molecule has 1 heterocycles. The van der Waals surface area contributed by atoms with Gasteiger partial charge in [-0.3, -0.25) is 4.79 Å². The average Bonchev–Trinajstić information content (AvgIpc) is 2.44. The summed E-state index contributed by atoms with van der Waals surface area (Å²) in [6.45, 7) is 0.544. The lowest BCUT2D eigenvalue weighted by Crippen LogP contribution is -2.47. The Bertz CT molecular complexity index is 209. The number of carbonyl (C=O) groups is 1. The summed E-state index contributed by atoms with van der Waals surface area (Å²) in [6.07, 6.45) is 3.66. The van der Waals surface area contributed by atoms with E-state index in [9.17, 15) is 9.90 Å². The SMILES string of the molecule is Cl.O=C(NC1CCC1)[C@H]1C[C@H](O)CN1. The number of aliphatic hydroxyl groups is 1. The van der Waals surface area contributed by atoms with Crippen molar-refractivity contribution in [1.29, 1.82) is 0 Å². The monoisotopic (exact) mass is 220 g/mol. The Kier molecular flexibility index (Phi) is 4.16. The van der Waals surface area contributed by atoms with E-state index in [0.717, 1.165) is 12.8 Å². The van der Waals surface area contributed by atoms with Gasteiger partial charge >= 0.3 is 0 Å². The Labute approximate surface area is 89.9 Å². The molecule has 0 aromatic heterocycles. The van der Waals surface area contributed by atoms with E-state index in [0.29, 0.717) is 19.0 Å². The standard InChI is InChI=1S/C9H16N2O2.ClH/c12-7-4-8(10-5-7)9(13)11-6-2-1-3-6;/h6-8,10,12H,1-5H2,(H,11,13);1H/t7-,8+;/m0./s1. The van der Waals surface area contributed by atoms with Crippen LogP contribution < -0.4 is 10.6 Å². The van der Waals surface area contributed by atoms with Crippen molar-refractivity contribution in [2.75, 3.05) is 6.54 Å². The third-order valence-electron chi connectivity index (χ3n) is 2.88. The van der Waals surface area contributed by atoms with Crippen LogP contribution in [0.15, 0.2) is 0 Å². The minimum Gasteiger partial charge on any atom is -0.392 e. The summed E-state index contributed by atoms with van der Waals surface area (Å²) in [5, 5.41) is 15.2. The van der Waals surface area contributed by atoms with Crippen LogP contribution in [-0.2, 0) is 4.79 Å². The molecule has 2 atom stereocenters. The summed E-state index contributed by atoms with van der Waals surface area (Å²) in [7, 11) is 0. The van der Waals surface area contributed by atoms with Gasteiger partial charge in [0.15, 0.2) is 0 Å². The Morgan fingerprint density at radius 3 is 2.57 bits per heavy atom. The number of aliphatic hydroxyl groups excluding tert-OH is 1. The molecule has 0 aromatic carbocycles. The number of β-amino-alcohol motifs (C(OH)–C–C–N with tert-alkyl or cyclic N) is 1. The number of rotatable bonds is 2. The Morgan fingerprint density at radius 2 is 2.14 bits per heavy atom. The third kappa shape index (κ3) is 2.59. The van der Waals surface area contributed by atoms with Gasteiger partial charge in [-0.25, -0.2) is 0 Å². The predicted octanol–water partition coefficient (Wildman–Crippen LogP) is -0.200. The molecular weight excluding hydrogens is 204 g/mol. The molecule has 0 spiro atoms. The van der Waals surface area contributed by atoms with Crippen molar-refractivity contribution in [3.8, 4) is 0 Å². The Hall–Kier alpha value is -0.320. The van der Waals surface area contributed by atoms with Crippen molar-refractivity contribution in [3.05, 3.63) is 0 Å². The van der Waals surface area contributed by atoms with E-state index in [1.165, 1.54) is 6.42 Å². The topological polar surface area (TPSA) is 61.4 Å². The van der Waals surface area contributed by atoms with Gasteiger partial charge in [0, 0.05) is 12.6 Å². The van der Waals surface area contributed by atoms with E-state index in [4.69, 9.17) is 0 Å². The van der Waals surface area contributed by atoms with Gasteiger partial charge in [-0.2, -0.15) is 0 Å². The zero-order valence-electron chi connectivity index (χ0n) is 8.03. The van der Waals surface area contributed by atoms with Gasteiger partial charge in [-0.1, -0.05) is 0 Å². The fourth-order valence-electron chi connectivity index (χ4n) is 1.77. The molecule has 2 fully saturated rings. The van der Waals surface area contributed by atoms with E-state index in [1.807, 2.05) is 0 Å². The Balaban J connectivity index is 0.000000980. The molecule has 1 saturated heterocycles. The fraction of sp³-hybridized carbons (Fsp3) is 0.889. The van der Waals surface area contributed by atoms with Crippen molar-refractivity contribution in [3.63, 3.8) is 0 Å². The van der Waals surface area contributed by atoms with Gasteiger partial charge in [-0.15, -0.1) is 12.4 Å². The molecule has 0 aromatic rings. The molecule has 1 saturated carbocycles. The minimum absolute atomic E-state index is 0. The highest BCUT2D eigenvalue weighted by atomic mass is 35.5. The summed E-state index contributed by atoms with van der Waals surface area (Å²) in [5.41, 5.74) is 0. The molecule has 1 aliphatic carbocycles. The van der Waals surface area contributed by atoms with E-state index in [1.54, 1.807) is 0 Å². The van der Waals surface area contributed by atoms with Gasteiger partial charge in [0.25, 0.3) is 0 Å². The van der Waals surface area contributed by atoms with Gasteiger partial charge < -0.3 is 15.7 Å². The van der Waals surface area contributed by atoms with Crippen LogP contribution >= 0.6 is 12.4 Å². The molecule has 0 radical (unpaired) electrons. The molecule has 4 nitrogen and oxygen atoms in total.